The molecule has 0 saturated carbocycles. The van der Waals surface area contributed by atoms with Crippen molar-refractivity contribution in [2.45, 2.75) is 0 Å². The second-order valence-corrected chi connectivity index (χ2v) is 3.90. The molecule has 0 aliphatic heterocycles. The highest BCUT2D eigenvalue weighted by Gasteiger charge is 2.08. The molecule has 0 fully saturated rings. The van der Waals surface area contributed by atoms with Gasteiger partial charge in [0.1, 0.15) is 5.75 Å². The Hall–Kier alpha value is -2.56. The number of nitrogen functional groups attached to an aromatic ring is 1. The SMILES string of the molecule is COc1cccc(-c2nc3c(N)cccn3n2)c1. The van der Waals surface area contributed by atoms with Gasteiger partial charge in [-0.1, -0.05) is 12.1 Å². The minimum absolute atomic E-state index is 0.610. The first-order chi connectivity index (χ1) is 8.78. The summed E-state index contributed by atoms with van der Waals surface area (Å²) in [5.74, 6) is 1.41. The van der Waals surface area contributed by atoms with Crippen LogP contribution >= 0.6 is 0 Å². The molecular weight excluding hydrogens is 228 g/mol. The average Bonchev–Trinajstić information content (AvgIpc) is 2.84. The van der Waals surface area contributed by atoms with Crippen LogP contribution in [0, 0.1) is 0 Å². The highest BCUT2D eigenvalue weighted by atomic mass is 16.5. The van der Waals surface area contributed by atoms with Crippen molar-refractivity contribution in [3.8, 4) is 17.1 Å². The van der Waals surface area contributed by atoms with Gasteiger partial charge >= 0.3 is 0 Å². The number of ether oxygens (including phenoxy) is 1. The summed E-state index contributed by atoms with van der Waals surface area (Å²) >= 11 is 0. The van der Waals surface area contributed by atoms with Gasteiger partial charge in [0.25, 0.3) is 0 Å². The third-order valence-corrected chi connectivity index (χ3v) is 2.72. The van der Waals surface area contributed by atoms with Crippen LogP contribution in [0.1, 0.15) is 0 Å². The molecule has 2 N–H and O–H groups in total. The summed E-state index contributed by atoms with van der Waals surface area (Å²) in [6.07, 6.45) is 1.82. The molecule has 1 aromatic carbocycles. The maximum absolute atomic E-state index is 5.86. The Morgan fingerprint density at radius 2 is 2.11 bits per heavy atom. The fourth-order valence-corrected chi connectivity index (χ4v) is 1.81. The first kappa shape index (κ1) is 10.6. The number of methoxy groups -OCH3 is 1. The van der Waals surface area contributed by atoms with Crippen LogP contribution in [0.2, 0.25) is 0 Å². The number of hydrogen-bond donors (Lipinski definition) is 1. The van der Waals surface area contributed by atoms with Crippen LogP contribution in [0.3, 0.4) is 0 Å². The van der Waals surface area contributed by atoms with Crippen LogP contribution in [0.5, 0.6) is 5.75 Å². The van der Waals surface area contributed by atoms with E-state index < -0.39 is 0 Å². The molecule has 18 heavy (non-hydrogen) atoms. The van der Waals surface area contributed by atoms with Crippen molar-refractivity contribution >= 4 is 11.3 Å². The molecule has 0 amide bonds. The lowest BCUT2D eigenvalue weighted by Gasteiger charge is -2.00. The number of anilines is 1. The van der Waals surface area contributed by atoms with E-state index in [9.17, 15) is 0 Å². The van der Waals surface area contributed by atoms with Gasteiger partial charge in [-0.05, 0) is 24.3 Å². The highest BCUT2D eigenvalue weighted by Crippen LogP contribution is 2.22. The molecule has 0 radical (unpaired) electrons. The van der Waals surface area contributed by atoms with E-state index in [1.54, 1.807) is 17.7 Å². The predicted octanol–water partition coefficient (Wildman–Crippen LogP) is 1.99. The van der Waals surface area contributed by atoms with E-state index in [0.29, 0.717) is 17.2 Å². The molecule has 2 heterocycles. The third-order valence-electron chi connectivity index (χ3n) is 2.72. The smallest absolute Gasteiger partial charge is 0.182 e. The number of rotatable bonds is 2. The largest absolute Gasteiger partial charge is 0.497 e. The minimum Gasteiger partial charge on any atom is -0.497 e. The lowest BCUT2D eigenvalue weighted by atomic mass is 10.2. The summed E-state index contributed by atoms with van der Waals surface area (Å²) in [5, 5.41) is 4.39. The maximum atomic E-state index is 5.86. The van der Waals surface area contributed by atoms with E-state index in [4.69, 9.17) is 10.5 Å². The summed E-state index contributed by atoms with van der Waals surface area (Å²) in [6.45, 7) is 0. The van der Waals surface area contributed by atoms with Crippen molar-refractivity contribution in [1.82, 2.24) is 14.6 Å². The van der Waals surface area contributed by atoms with Crippen LogP contribution < -0.4 is 10.5 Å². The van der Waals surface area contributed by atoms with Gasteiger partial charge in [-0.25, -0.2) is 9.50 Å². The Labute approximate surface area is 104 Å². The molecule has 0 aliphatic rings. The molecule has 3 aromatic rings. The molecule has 0 atom stereocenters. The molecule has 0 saturated heterocycles. The van der Waals surface area contributed by atoms with Gasteiger partial charge in [0.2, 0.25) is 0 Å². The zero-order valence-electron chi connectivity index (χ0n) is 9.87. The fourth-order valence-electron chi connectivity index (χ4n) is 1.81. The normalized spacial score (nSPS) is 10.7. The monoisotopic (exact) mass is 240 g/mol. The van der Waals surface area contributed by atoms with Crippen LogP contribution in [0.25, 0.3) is 17.0 Å². The second-order valence-electron chi connectivity index (χ2n) is 3.90. The Bertz CT molecular complexity index is 705. The fraction of sp³-hybridized carbons (Fsp3) is 0.0769. The van der Waals surface area contributed by atoms with E-state index in [-0.39, 0.29) is 0 Å². The Morgan fingerprint density at radius 3 is 2.89 bits per heavy atom. The minimum atomic E-state index is 0.610. The molecule has 5 nitrogen and oxygen atoms in total. The standard InChI is InChI=1S/C13H12N4O/c1-18-10-5-2-4-9(8-10)12-15-13-11(14)6-3-7-17(13)16-12/h2-8H,14H2,1H3. The van der Waals surface area contributed by atoms with Crippen molar-refractivity contribution in [1.29, 1.82) is 0 Å². The zero-order chi connectivity index (χ0) is 12.5. The van der Waals surface area contributed by atoms with E-state index in [1.807, 2.05) is 36.5 Å². The number of benzene rings is 1. The first-order valence-electron chi connectivity index (χ1n) is 5.53. The van der Waals surface area contributed by atoms with Gasteiger partial charge in [0.15, 0.2) is 11.5 Å². The van der Waals surface area contributed by atoms with Crippen molar-refractivity contribution in [2.24, 2.45) is 0 Å². The van der Waals surface area contributed by atoms with Gasteiger partial charge in [0, 0.05) is 11.8 Å². The third kappa shape index (κ3) is 1.66. The molecule has 3 rings (SSSR count). The summed E-state index contributed by atoms with van der Waals surface area (Å²) in [4.78, 5) is 4.43. The van der Waals surface area contributed by atoms with Gasteiger partial charge in [-0.2, -0.15) is 0 Å². The molecular formula is C13H12N4O. The lowest BCUT2D eigenvalue weighted by Crippen LogP contribution is -1.92. The van der Waals surface area contributed by atoms with Crippen LogP contribution in [0.4, 0.5) is 5.69 Å². The summed E-state index contributed by atoms with van der Waals surface area (Å²) < 4.78 is 6.86. The molecule has 0 aliphatic carbocycles. The number of aromatic nitrogens is 3. The second kappa shape index (κ2) is 4.03. The molecule has 90 valence electrons. The summed E-state index contributed by atoms with van der Waals surface area (Å²) in [5.41, 5.74) is 8.03. The topological polar surface area (TPSA) is 65.4 Å². The van der Waals surface area contributed by atoms with Crippen molar-refractivity contribution in [3.05, 3.63) is 42.6 Å². The summed E-state index contributed by atoms with van der Waals surface area (Å²) in [6, 6.07) is 11.3. The summed E-state index contributed by atoms with van der Waals surface area (Å²) in [7, 11) is 1.63. The quantitative estimate of drug-likeness (QED) is 0.744. The van der Waals surface area contributed by atoms with Crippen molar-refractivity contribution in [3.63, 3.8) is 0 Å². The lowest BCUT2D eigenvalue weighted by molar-refractivity contribution is 0.415. The number of nitrogens with zero attached hydrogens (tertiary/aromatic N) is 3. The first-order valence-corrected chi connectivity index (χ1v) is 5.53. The van der Waals surface area contributed by atoms with E-state index in [2.05, 4.69) is 10.1 Å². The number of hydrogen-bond acceptors (Lipinski definition) is 4. The number of fused-ring (bicyclic) bond motifs is 1. The molecule has 0 unspecified atom stereocenters. The molecule has 0 spiro atoms. The van der Waals surface area contributed by atoms with Crippen LogP contribution in [0.15, 0.2) is 42.6 Å². The van der Waals surface area contributed by atoms with Crippen LogP contribution in [-0.4, -0.2) is 21.7 Å². The highest BCUT2D eigenvalue weighted by molar-refractivity contribution is 5.68. The predicted molar refractivity (Wildman–Crippen MR) is 69.4 cm³/mol. The van der Waals surface area contributed by atoms with Crippen LogP contribution in [-0.2, 0) is 0 Å². The van der Waals surface area contributed by atoms with Crippen molar-refractivity contribution < 1.29 is 4.74 Å². The molecule has 0 bridgehead atoms. The van der Waals surface area contributed by atoms with Crippen molar-refractivity contribution in [2.75, 3.05) is 12.8 Å². The van der Waals surface area contributed by atoms with Gasteiger partial charge < -0.3 is 10.5 Å². The Balaban J connectivity index is 2.16. The van der Waals surface area contributed by atoms with Gasteiger partial charge in [-0.3, -0.25) is 0 Å². The number of nitrogens with two attached hydrogens (primary N) is 1. The van der Waals surface area contributed by atoms with E-state index in [1.165, 1.54) is 0 Å². The van der Waals surface area contributed by atoms with Gasteiger partial charge in [0.05, 0.1) is 12.8 Å². The van der Waals surface area contributed by atoms with Gasteiger partial charge in [-0.15, -0.1) is 5.10 Å². The Kier molecular flexibility index (Phi) is 2.37. The van der Waals surface area contributed by atoms with E-state index in [0.717, 1.165) is 11.3 Å². The number of pyridine rings is 1. The Morgan fingerprint density at radius 1 is 1.22 bits per heavy atom. The zero-order valence-corrected chi connectivity index (χ0v) is 9.87. The molecule has 5 heteroatoms. The maximum Gasteiger partial charge on any atom is 0.182 e. The molecule has 2 aromatic heterocycles. The average molecular weight is 240 g/mol. The van der Waals surface area contributed by atoms with E-state index >= 15 is 0 Å².